The van der Waals surface area contributed by atoms with E-state index in [9.17, 15) is 31.5 Å². The molecule has 1 N–H and O–H groups in total. The van der Waals surface area contributed by atoms with Crippen molar-refractivity contribution in [2.45, 2.75) is 45.0 Å². The second-order valence-corrected chi connectivity index (χ2v) is 8.24. The number of aryl methyl sites for hydroxylation is 1. The molecule has 14 heteroatoms. The van der Waals surface area contributed by atoms with Crippen LogP contribution in [0.4, 0.5) is 32.0 Å². The SMILES string of the molecule is COc1cc(F)c(NC(=O)c2cc(F)c(-n3nc4n(c3=O)CCCC4)cc2O[C@@H](C)C(F)(F)F)c(F)c1. The van der Waals surface area contributed by atoms with E-state index in [1.54, 1.807) is 0 Å². The number of nitrogens with zero attached hydrogens (tertiary/aromatic N) is 3. The highest BCUT2D eigenvalue weighted by Crippen LogP contribution is 2.32. The maximum absolute atomic E-state index is 15.2. The highest BCUT2D eigenvalue weighted by Gasteiger charge is 2.39. The molecule has 2 heterocycles. The predicted molar refractivity (Wildman–Crippen MR) is 118 cm³/mol. The molecule has 0 saturated carbocycles. The van der Waals surface area contributed by atoms with Gasteiger partial charge in [-0.05, 0) is 25.8 Å². The first kappa shape index (κ1) is 26.1. The Morgan fingerprint density at radius 2 is 1.76 bits per heavy atom. The van der Waals surface area contributed by atoms with E-state index >= 15 is 4.39 Å². The zero-order valence-corrected chi connectivity index (χ0v) is 19.5. The Morgan fingerprint density at radius 3 is 2.35 bits per heavy atom. The Morgan fingerprint density at radius 1 is 1.08 bits per heavy atom. The van der Waals surface area contributed by atoms with Crippen LogP contribution in [0.5, 0.6) is 11.5 Å². The quantitative estimate of drug-likeness (QED) is 0.478. The molecule has 8 nitrogen and oxygen atoms in total. The van der Waals surface area contributed by atoms with Crippen LogP contribution in [0.25, 0.3) is 5.69 Å². The van der Waals surface area contributed by atoms with E-state index in [0.717, 1.165) is 25.7 Å². The highest BCUT2D eigenvalue weighted by atomic mass is 19.4. The zero-order valence-electron chi connectivity index (χ0n) is 19.5. The molecule has 1 aliphatic rings. The summed E-state index contributed by atoms with van der Waals surface area (Å²) < 4.78 is 95.1. The lowest BCUT2D eigenvalue weighted by atomic mass is 10.1. The van der Waals surface area contributed by atoms with Crippen molar-refractivity contribution in [1.29, 1.82) is 0 Å². The lowest BCUT2D eigenvalue weighted by Gasteiger charge is -2.20. The summed E-state index contributed by atoms with van der Waals surface area (Å²) in [6.45, 7) is 0.985. The van der Waals surface area contributed by atoms with Crippen molar-refractivity contribution in [3.05, 3.63) is 63.6 Å². The number of methoxy groups -OCH3 is 1. The van der Waals surface area contributed by atoms with Crippen LogP contribution in [0.1, 0.15) is 35.9 Å². The molecule has 0 unspecified atom stereocenters. The molecule has 0 aliphatic carbocycles. The molecule has 2 aromatic carbocycles. The highest BCUT2D eigenvalue weighted by molar-refractivity contribution is 6.06. The summed E-state index contributed by atoms with van der Waals surface area (Å²) in [4.78, 5) is 25.6. The molecular weight excluding hydrogens is 510 g/mol. The van der Waals surface area contributed by atoms with Crippen LogP contribution in [0.15, 0.2) is 29.1 Å². The Kier molecular flexibility index (Phi) is 6.93. The monoisotopic (exact) mass is 530 g/mol. The summed E-state index contributed by atoms with van der Waals surface area (Å²) in [6.07, 6.45) is -5.46. The molecule has 1 aliphatic heterocycles. The first-order valence-corrected chi connectivity index (χ1v) is 11.0. The summed E-state index contributed by atoms with van der Waals surface area (Å²) in [5.74, 6) is -5.67. The summed E-state index contributed by atoms with van der Waals surface area (Å²) >= 11 is 0. The summed E-state index contributed by atoms with van der Waals surface area (Å²) in [7, 11) is 1.16. The van der Waals surface area contributed by atoms with Crippen LogP contribution in [-0.2, 0) is 13.0 Å². The fourth-order valence-corrected chi connectivity index (χ4v) is 3.76. The molecule has 0 spiro atoms. The first-order valence-electron chi connectivity index (χ1n) is 11.0. The van der Waals surface area contributed by atoms with Gasteiger partial charge in [0.25, 0.3) is 5.91 Å². The normalized spacial score (nSPS) is 14.2. The maximum Gasteiger partial charge on any atom is 0.425 e. The third kappa shape index (κ3) is 5.13. The van der Waals surface area contributed by atoms with Gasteiger partial charge in [0.2, 0.25) is 0 Å². The van der Waals surface area contributed by atoms with Crippen LogP contribution in [0.2, 0.25) is 0 Å². The minimum absolute atomic E-state index is 0.195. The first-order chi connectivity index (χ1) is 17.4. The van der Waals surface area contributed by atoms with Crippen molar-refractivity contribution in [3.63, 3.8) is 0 Å². The minimum Gasteiger partial charge on any atom is -0.497 e. The smallest absolute Gasteiger partial charge is 0.425 e. The number of carbonyl (C=O) groups excluding carboxylic acids is 1. The van der Waals surface area contributed by atoms with Crippen molar-refractivity contribution in [3.8, 4) is 17.2 Å². The van der Waals surface area contributed by atoms with E-state index in [0.29, 0.717) is 48.9 Å². The molecule has 0 saturated heterocycles. The van der Waals surface area contributed by atoms with Crippen LogP contribution in [0.3, 0.4) is 0 Å². The Balaban J connectivity index is 1.79. The van der Waals surface area contributed by atoms with Gasteiger partial charge in [-0.15, -0.1) is 5.10 Å². The number of alkyl halides is 3. The fraction of sp³-hybridized carbons (Fsp3) is 0.348. The molecule has 4 rings (SSSR count). The number of fused-ring (bicyclic) bond motifs is 1. The number of aromatic nitrogens is 3. The average molecular weight is 530 g/mol. The van der Waals surface area contributed by atoms with Gasteiger partial charge < -0.3 is 14.8 Å². The number of benzene rings is 2. The van der Waals surface area contributed by atoms with Crippen molar-refractivity contribution in [2.75, 3.05) is 12.4 Å². The molecule has 198 valence electrons. The molecule has 0 bridgehead atoms. The molecule has 3 aromatic rings. The number of nitrogens with one attached hydrogen (secondary N) is 1. The minimum atomic E-state index is -4.87. The molecule has 1 atom stereocenters. The van der Waals surface area contributed by atoms with Gasteiger partial charge in [0.05, 0.1) is 12.7 Å². The van der Waals surface area contributed by atoms with E-state index in [1.807, 2.05) is 5.32 Å². The van der Waals surface area contributed by atoms with Gasteiger partial charge in [0, 0.05) is 31.2 Å². The summed E-state index contributed by atoms with van der Waals surface area (Å²) in [5.41, 5.74) is -3.02. The van der Waals surface area contributed by atoms with E-state index in [-0.39, 0.29) is 5.75 Å². The van der Waals surface area contributed by atoms with Gasteiger partial charge in [0.15, 0.2) is 17.7 Å². The van der Waals surface area contributed by atoms with Crippen molar-refractivity contribution in [1.82, 2.24) is 14.3 Å². The summed E-state index contributed by atoms with van der Waals surface area (Å²) in [6, 6.07) is 2.75. The molecule has 0 fully saturated rings. The van der Waals surface area contributed by atoms with Gasteiger partial charge in [0.1, 0.15) is 34.5 Å². The number of anilines is 1. The van der Waals surface area contributed by atoms with Gasteiger partial charge in [-0.1, -0.05) is 0 Å². The van der Waals surface area contributed by atoms with Crippen molar-refractivity contribution >= 4 is 11.6 Å². The Hall–Kier alpha value is -3.97. The van der Waals surface area contributed by atoms with Crippen molar-refractivity contribution < 1.29 is 40.6 Å². The Labute approximate surface area is 205 Å². The van der Waals surface area contributed by atoms with E-state index < -0.39 is 64.0 Å². The van der Waals surface area contributed by atoms with Crippen LogP contribution in [0, 0.1) is 17.5 Å². The lowest BCUT2D eigenvalue weighted by molar-refractivity contribution is -0.189. The van der Waals surface area contributed by atoms with E-state index in [2.05, 4.69) is 5.10 Å². The number of ether oxygens (including phenoxy) is 2. The van der Waals surface area contributed by atoms with Crippen molar-refractivity contribution in [2.24, 2.45) is 0 Å². The summed E-state index contributed by atoms with van der Waals surface area (Å²) in [5, 5.41) is 5.95. The fourth-order valence-electron chi connectivity index (χ4n) is 3.76. The predicted octanol–water partition coefficient (Wildman–Crippen LogP) is 4.38. The maximum atomic E-state index is 15.2. The number of carbonyl (C=O) groups is 1. The van der Waals surface area contributed by atoms with Gasteiger partial charge in [-0.3, -0.25) is 9.36 Å². The largest absolute Gasteiger partial charge is 0.497 e. The number of hydrogen-bond donors (Lipinski definition) is 1. The lowest BCUT2D eigenvalue weighted by Crippen LogP contribution is -2.32. The van der Waals surface area contributed by atoms with Crippen LogP contribution < -0.4 is 20.5 Å². The van der Waals surface area contributed by atoms with Crippen LogP contribution in [-0.4, -0.2) is 39.6 Å². The zero-order chi connectivity index (χ0) is 27.1. The van der Waals surface area contributed by atoms with Gasteiger partial charge in [-0.2, -0.15) is 17.9 Å². The second kappa shape index (κ2) is 9.82. The molecular formula is C23H20F6N4O4. The molecule has 37 heavy (non-hydrogen) atoms. The third-order valence-corrected chi connectivity index (χ3v) is 5.75. The van der Waals surface area contributed by atoms with E-state index in [1.165, 1.54) is 4.57 Å². The topological polar surface area (TPSA) is 87.4 Å². The number of rotatable bonds is 6. The Bertz CT molecular complexity index is 1390. The number of halogens is 6. The second-order valence-electron chi connectivity index (χ2n) is 8.24. The standard InChI is InChI=1S/C23H20F6N4O4/c1-11(23(27,28)29)37-18-10-17(33-22(35)32-6-4-3-5-19(32)31-33)14(24)9-13(18)21(34)30-20-15(25)7-12(36-2)8-16(20)26/h7-11H,3-6H2,1-2H3,(H,30,34)/t11-/m0/s1. The number of hydrogen-bond acceptors (Lipinski definition) is 5. The third-order valence-electron chi connectivity index (χ3n) is 5.75. The number of amides is 1. The van der Waals surface area contributed by atoms with Crippen LogP contribution >= 0.6 is 0 Å². The average Bonchev–Trinajstić information content (AvgIpc) is 3.17. The van der Waals surface area contributed by atoms with Gasteiger partial charge in [-0.25, -0.2) is 18.0 Å². The van der Waals surface area contributed by atoms with Gasteiger partial charge >= 0.3 is 11.9 Å². The van der Waals surface area contributed by atoms with E-state index in [4.69, 9.17) is 9.47 Å². The molecule has 1 amide bonds. The molecule has 1 aromatic heterocycles. The molecule has 0 radical (unpaired) electrons.